The summed E-state index contributed by atoms with van der Waals surface area (Å²) < 4.78 is 1.78. The van der Waals surface area contributed by atoms with Gasteiger partial charge < -0.3 is 14.6 Å². The summed E-state index contributed by atoms with van der Waals surface area (Å²) in [6, 6.07) is 0.973. The first kappa shape index (κ1) is 13.9. The monoisotopic (exact) mass is 284 g/mol. The third kappa shape index (κ3) is 2.61. The van der Waals surface area contributed by atoms with Crippen LogP contribution < -0.4 is 0 Å². The molecule has 104 valence electrons. The molecular formula is C13H17ClN2O3. The summed E-state index contributed by atoms with van der Waals surface area (Å²) in [5.41, 5.74) is 0.452. The van der Waals surface area contributed by atoms with Gasteiger partial charge in [-0.3, -0.25) is 4.79 Å². The number of aromatic nitrogens is 1. The van der Waals surface area contributed by atoms with E-state index < -0.39 is 12.0 Å². The van der Waals surface area contributed by atoms with Crippen LogP contribution in [0.3, 0.4) is 0 Å². The van der Waals surface area contributed by atoms with E-state index >= 15 is 0 Å². The maximum absolute atomic E-state index is 12.5. The van der Waals surface area contributed by atoms with E-state index in [1.165, 1.54) is 4.90 Å². The molecule has 2 heterocycles. The predicted octanol–water partition coefficient (Wildman–Crippen LogP) is 2.41. The molecule has 1 fully saturated rings. The van der Waals surface area contributed by atoms with Gasteiger partial charge in [-0.1, -0.05) is 11.6 Å². The molecule has 1 aromatic heterocycles. The van der Waals surface area contributed by atoms with Crippen LogP contribution in [-0.2, 0) is 4.79 Å². The Morgan fingerprint density at radius 3 is 2.74 bits per heavy atom. The number of likely N-dealkylation sites (tertiary alicyclic amines) is 1. The van der Waals surface area contributed by atoms with E-state index in [0.717, 1.165) is 6.42 Å². The van der Waals surface area contributed by atoms with Crippen LogP contribution in [0.1, 0.15) is 43.2 Å². The summed E-state index contributed by atoms with van der Waals surface area (Å²) in [5, 5.41) is 9.63. The van der Waals surface area contributed by atoms with Gasteiger partial charge in [0.15, 0.2) is 0 Å². The quantitative estimate of drug-likeness (QED) is 0.927. The molecule has 0 bridgehead atoms. The van der Waals surface area contributed by atoms with Crippen LogP contribution in [0.4, 0.5) is 0 Å². The van der Waals surface area contributed by atoms with Crippen molar-refractivity contribution >= 4 is 23.5 Å². The Balaban J connectivity index is 2.31. The molecule has 2 rings (SSSR count). The Bertz CT molecular complexity index is 510. The molecular weight excluding hydrogens is 268 g/mol. The average Bonchev–Trinajstić information content (AvgIpc) is 2.93. The minimum Gasteiger partial charge on any atom is -0.480 e. The second-order valence-corrected chi connectivity index (χ2v) is 5.48. The van der Waals surface area contributed by atoms with Crippen LogP contribution >= 0.6 is 11.6 Å². The van der Waals surface area contributed by atoms with E-state index in [-0.39, 0.29) is 11.9 Å². The SMILES string of the molecule is CC(C)n1cc(Cl)cc1C(=O)N1CCC[C@H]1C(=O)O. The molecule has 1 aromatic rings. The number of hydrogen-bond donors (Lipinski definition) is 1. The standard InChI is InChI=1S/C13H17ClN2O3/c1-8(2)16-7-9(14)6-11(16)12(17)15-5-3-4-10(15)13(18)19/h6-8,10H,3-5H2,1-2H3,(H,18,19)/t10-/m0/s1. The number of carboxylic acid groups (broad SMARTS) is 1. The van der Waals surface area contributed by atoms with Crippen LogP contribution in [0.25, 0.3) is 0 Å². The molecule has 1 saturated heterocycles. The number of carbonyl (C=O) groups excluding carboxylic acids is 1. The molecule has 0 saturated carbocycles. The zero-order valence-corrected chi connectivity index (χ0v) is 11.7. The van der Waals surface area contributed by atoms with Gasteiger partial charge in [0.25, 0.3) is 5.91 Å². The lowest BCUT2D eigenvalue weighted by molar-refractivity contribution is -0.141. The van der Waals surface area contributed by atoms with Gasteiger partial charge in [0.2, 0.25) is 0 Å². The normalized spacial score (nSPS) is 19.2. The zero-order valence-electron chi connectivity index (χ0n) is 11.0. The Hall–Kier alpha value is -1.49. The molecule has 1 amide bonds. The van der Waals surface area contributed by atoms with Crippen LogP contribution in [0.15, 0.2) is 12.3 Å². The fraction of sp³-hybridized carbons (Fsp3) is 0.538. The van der Waals surface area contributed by atoms with E-state index in [9.17, 15) is 9.59 Å². The van der Waals surface area contributed by atoms with Gasteiger partial charge in [-0.2, -0.15) is 0 Å². The lowest BCUT2D eigenvalue weighted by atomic mass is 10.2. The molecule has 1 atom stereocenters. The summed E-state index contributed by atoms with van der Waals surface area (Å²) >= 11 is 5.95. The van der Waals surface area contributed by atoms with Crippen molar-refractivity contribution < 1.29 is 14.7 Å². The minimum absolute atomic E-state index is 0.0948. The molecule has 1 N–H and O–H groups in total. The van der Waals surface area contributed by atoms with Crippen molar-refractivity contribution in [2.75, 3.05) is 6.54 Å². The van der Waals surface area contributed by atoms with E-state index in [1.807, 2.05) is 13.8 Å². The van der Waals surface area contributed by atoms with Gasteiger partial charge in [-0.25, -0.2) is 4.79 Å². The molecule has 1 aliphatic rings. The zero-order chi connectivity index (χ0) is 14.2. The number of nitrogens with zero attached hydrogens (tertiary/aromatic N) is 2. The molecule has 0 aliphatic carbocycles. The highest BCUT2D eigenvalue weighted by molar-refractivity contribution is 6.31. The lowest BCUT2D eigenvalue weighted by Crippen LogP contribution is -2.41. The van der Waals surface area contributed by atoms with Gasteiger partial charge in [0, 0.05) is 18.8 Å². The third-order valence-electron chi connectivity index (χ3n) is 3.39. The Kier molecular flexibility index (Phi) is 3.85. The minimum atomic E-state index is -0.945. The number of halogens is 1. The maximum Gasteiger partial charge on any atom is 0.326 e. The molecule has 0 radical (unpaired) electrons. The van der Waals surface area contributed by atoms with Crippen molar-refractivity contribution in [3.05, 3.63) is 23.0 Å². The summed E-state index contributed by atoms with van der Waals surface area (Å²) in [7, 11) is 0. The van der Waals surface area contributed by atoms with Crippen molar-refractivity contribution in [3.8, 4) is 0 Å². The van der Waals surface area contributed by atoms with E-state index in [1.54, 1.807) is 16.8 Å². The Morgan fingerprint density at radius 1 is 1.47 bits per heavy atom. The fourth-order valence-electron chi connectivity index (χ4n) is 2.46. The van der Waals surface area contributed by atoms with E-state index in [2.05, 4.69) is 0 Å². The first-order valence-electron chi connectivity index (χ1n) is 6.33. The van der Waals surface area contributed by atoms with Crippen molar-refractivity contribution in [3.63, 3.8) is 0 Å². The van der Waals surface area contributed by atoms with Gasteiger partial charge in [-0.15, -0.1) is 0 Å². The van der Waals surface area contributed by atoms with Crippen LogP contribution in [0.2, 0.25) is 5.02 Å². The number of aliphatic carboxylic acids is 1. The van der Waals surface area contributed by atoms with Gasteiger partial charge in [0.05, 0.1) is 5.02 Å². The van der Waals surface area contributed by atoms with Gasteiger partial charge in [0.1, 0.15) is 11.7 Å². The average molecular weight is 285 g/mol. The molecule has 0 unspecified atom stereocenters. The molecule has 6 heteroatoms. The highest BCUT2D eigenvalue weighted by Gasteiger charge is 2.35. The van der Waals surface area contributed by atoms with E-state index in [4.69, 9.17) is 16.7 Å². The van der Waals surface area contributed by atoms with Crippen molar-refractivity contribution in [2.45, 2.75) is 38.8 Å². The highest BCUT2D eigenvalue weighted by atomic mass is 35.5. The summed E-state index contributed by atoms with van der Waals surface area (Å²) in [6.07, 6.45) is 2.93. The number of rotatable bonds is 3. The largest absolute Gasteiger partial charge is 0.480 e. The lowest BCUT2D eigenvalue weighted by Gasteiger charge is -2.23. The van der Waals surface area contributed by atoms with Crippen LogP contribution in [0, 0.1) is 0 Å². The Labute approximate surface area is 116 Å². The second kappa shape index (κ2) is 5.25. The van der Waals surface area contributed by atoms with Gasteiger partial charge in [-0.05, 0) is 32.8 Å². The van der Waals surface area contributed by atoms with Crippen molar-refractivity contribution in [2.24, 2.45) is 0 Å². The molecule has 0 spiro atoms. The molecule has 19 heavy (non-hydrogen) atoms. The molecule has 5 nitrogen and oxygen atoms in total. The topological polar surface area (TPSA) is 62.5 Å². The first-order valence-corrected chi connectivity index (χ1v) is 6.70. The Morgan fingerprint density at radius 2 is 2.16 bits per heavy atom. The van der Waals surface area contributed by atoms with Crippen LogP contribution in [0.5, 0.6) is 0 Å². The fourth-order valence-corrected chi connectivity index (χ4v) is 2.67. The maximum atomic E-state index is 12.5. The second-order valence-electron chi connectivity index (χ2n) is 5.04. The number of hydrogen-bond acceptors (Lipinski definition) is 2. The number of amides is 1. The summed E-state index contributed by atoms with van der Waals surface area (Å²) in [5.74, 6) is -1.20. The summed E-state index contributed by atoms with van der Waals surface area (Å²) in [4.78, 5) is 25.1. The number of carbonyl (C=O) groups is 2. The van der Waals surface area contributed by atoms with Crippen molar-refractivity contribution in [1.82, 2.24) is 9.47 Å². The highest BCUT2D eigenvalue weighted by Crippen LogP contribution is 2.24. The predicted molar refractivity (Wildman–Crippen MR) is 71.5 cm³/mol. The third-order valence-corrected chi connectivity index (χ3v) is 3.60. The first-order chi connectivity index (χ1) is 8.91. The molecule has 0 aromatic carbocycles. The van der Waals surface area contributed by atoms with Crippen LogP contribution in [-0.4, -0.2) is 39.0 Å². The van der Waals surface area contributed by atoms with Crippen molar-refractivity contribution in [1.29, 1.82) is 0 Å². The summed E-state index contributed by atoms with van der Waals surface area (Å²) in [6.45, 7) is 4.38. The molecule has 1 aliphatic heterocycles. The van der Waals surface area contributed by atoms with E-state index in [0.29, 0.717) is 23.7 Å². The smallest absolute Gasteiger partial charge is 0.326 e. The van der Waals surface area contributed by atoms with Gasteiger partial charge >= 0.3 is 5.97 Å². The number of carboxylic acids is 1.